The number of benzene rings is 2. The number of ether oxygens (including phenoxy) is 4. The number of aromatic nitrogens is 3. The van der Waals surface area contributed by atoms with Crippen LogP contribution in [-0.4, -0.2) is 109 Å². The summed E-state index contributed by atoms with van der Waals surface area (Å²) in [6.45, 7) is 12.7. The van der Waals surface area contributed by atoms with E-state index in [1.165, 1.54) is 6.92 Å². The molecule has 0 unspecified atom stereocenters. The Morgan fingerprint density at radius 3 is 2.14 bits per heavy atom. The van der Waals surface area contributed by atoms with Gasteiger partial charge < -0.3 is 33.6 Å². The van der Waals surface area contributed by atoms with Crippen LogP contribution in [0.2, 0.25) is 0 Å². The normalized spacial score (nSPS) is 22.1. The summed E-state index contributed by atoms with van der Waals surface area (Å²) in [5.74, 6) is 1.67. The molecule has 4 atom stereocenters. The number of aryl methyl sites for hydroxylation is 1. The van der Waals surface area contributed by atoms with E-state index in [1.807, 2.05) is 93.1 Å². The lowest BCUT2D eigenvalue weighted by Crippen LogP contribution is -2.54. The number of halogens is 4. The first-order valence-electron chi connectivity index (χ1n) is 23.0. The van der Waals surface area contributed by atoms with Gasteiger partial charge in [0.1, 0.15) is 41.5 Å². The highest BCUT2D eigenvalue weighted by atomic mass is 19.4. The molecule has 1 aliphatic carbocycles. The zero-order valence-corrected chi connectivity index (χ0v) is 39.4. The van der Waals surface area contributed by atoms with Gasteiger partial charge in [-0.3, -0.25) is 4.90 Å². The number of carbonyl (C=O) groups is 1. The monoisotopic (exact) mass is 917 g/mol. The average Bonchev–Trinajstić information content (AvgIpc) is 3.78. The number of hydrogen-bond donors (Lipinski definition) is 0. The topological polar surface area (TPSA) is 106 Å². The SMILES string of the molecule is COc1ccc(CN(Cc2ccc(OC)cc2)c2cc(C)c(C(F)(F)F)c([C@H]3Cc4nc(OC[C@@]56CCCN5C[C@H](F)C6)nc(N(C)CC5CN(C(=O)OC(C)(C)C)C5)c4C[C@@H]3C)n2)cc1. The summed E-state index contributed by atoms with van der Waals surface area (Å²) in [5, 5.41) is 0. The lowest BCUT2D eigenvalue weighted by molar-refractivity contribution is -0.139. The number of carbonyl (C=O) groups excluding carboxylic acids is 1. The Morgan fingerprint density at radius 2 is 1.55 bits per heavy atom. The predicted octanol–water partition coefficient (Wildman–Crippen LogP) is 9.20. The van der Waals surface area contributed by atoms with Crippen LogP contribution in [0.1, 0.15) is 92.1 Å². The smallest absolute Gasteiger partial charge is 0.418 e. The van der Waals surface area contributed by atoms with Gasteiger partial charge in [0.25, 0.3) is 0 Å². The molecule has 3 aliphatic heterocycles. The molecule has 4 aliphatic rings. The number of hydrogen-bond acceptors (Lipinski definition) is 11. The second kappa shape index (κ2) is 18.7. The zero-order valence-electron chi connectivity index (χ0n) is 39.4. The molecule has 3 fully saturated rings. The number of likely N-dealkylation sites (tertiary alicyclic amines) is 1. The molecule has 1 amide bonds. The van der Waals surface area contributed by atoms with Crippen LogP contribution in [-0.2, 0) is 36.8 Å². The highest BCUT2D eigenvalue weighted by Gasteiger charge is 2.50. The maximum Gasteiger partial charge on any atom is 0.418 e. The van der Waals surface area contributed by atoms with Gasteiger partial charge in [0.05, 0.1) is 36.7 Å². The van der Waals surface area contributed by atoms with Crippen LogP contribution in [0.25, 0.3) is 0 Å². The molecule has 0 radical (unpaired) electrons. The molecule has 16 heteroatoms. The summed E-state index contributed by atoms with van der Waals surface area (Å²) in [6, 6.07) is 16.9. The van der Waals surface area contributed by atoms with Crippen molar-refractivity contribution in [2.75, 3.05) is 70.4 Å². The van der Waals surface area contributed by atoms with Crippen molar-refractivity contribution in [3.8, 4) is 17.5 Å². The molecule has 356 valence electrons. The molecule has 5 heterocycles. The lowest BCUT2D eigenvalue weighted by Gasteiger charge is -2.42. The van der Waals surface area contributed by atoms with Gasteiger partial charge in [-0.05, 0) is 113 Å². The van der Waals surface area contributed by atoms with Gasteiger partial charge in [-0.25, -0.2) is 14.2 Å². The van der Waals surface area contributed by atoms with Gasteiger partial charge in [-0.1, -0.05) is 31.2 Å². The second-order valence-electron chi connectivity index (χ2n) is 19.9. The van der Waals surface area contributed by atoms with Gasteiger partial charge in [0.15, 0.2) is 0 Å². The van der Waals surface area contributed by atoms with E-state index in [4.69, 9.17) is 33.9 Å². The highest BCUT2D eigenvalue weighted by molar-refractivity contribution is 5.69. The van der Waals surface area contributed by atoms with Crippen molar-refractivity contribution in [3.63, 3.8) is 0 Å². The Hall–Kier alpha value is -5.38. The van der Waals surface area contributed by atoms with Gasteiger partial charge in [-0.2, -0.15) is 23.1 Å². The summed E-state index contributed by atoms with van der Waals surface area (Å²) < 4.78 is 83.8. The molecule has 2 aromatic carbocycles. The maximum absolute atomic E-state index is 15.4. The first-order valence-corrected chi connectivity index (χ1v) is 23.0. The fourth-order valence-corrected chi connectivity index (χ4v) is 10.4. The number of methoxy groups -OCH3 is 2. The van der Waals surface area contributed by atoms with E-state index in [2.05, 4.69) is 4.90 Å². The first kappa shape index (κ1) is 47.1. The van der Waals surface area contributed by atoms with Crippen LogP contribution in [0.4, 0.5) is 34.0 Å². The van der Waals surface area contributed by atoms with Crippen molar-refractivity contribution in [1.82, 2.24) is 24.8 Å². The summed E-state index contributed by atoms with van der Waals surface area (Å²) in [6.07, 6.45) is -3.28. The minimum Gasteiger partial charge on any atom is -0.497 e. The van der Waals surface area contributed by atoms with E-state index in [1.54, 1.807) is 25.2 Å². The molecule has 4 aromatic rings. The molecule has 3 saturated heterocycles. The number of pyridine rings is 1. The van der Waals surface area contributed by atoms with Crippen LogP contribution >= 0.6 is 0 Å². The number of amides is 1. The minimum absolute atomic E-state index is 0.0155. The third-order valence-electron chi connectivity index (χ3n) is 13.7. The quantitative estimate of drug-likeness (QED) is 0.113. The highest BCUT2D eigenvalue weighted by Crippen LogP contribution is 2.46. The van der Waals surface area contributed by atoms with Crippen LogP contribution in [0.5, 0.6) is 17.5 Å². The standard InChI is InChI=1S/C50H63F4N7O5/c1-31-20-40-41(55-46(65-30-49-18-9-19-61(49)29-36(51)23-49)57-45(40)58(6)24-35-27-60(28-35)47(62)66-48(3,4)5)22-39(31)44-43(50(52,53)54)32(2)21-42(56-44)59(25-33-10-14-37(63-7)15-11-33)26-34-12-16-38(64-8)17-13-34/h10-17,21,31,35-36,39H,9,18-20,22-30H2,1-8H3/t31-,36+,39-,49-/m0/s1. The van der Waals surface area contributed by atoms with E-state index in [9.17, 15) is 9.18 Å². The van der Waals surface area contributed by atoms with Crippen LogP contribution in [0.15, 0.2) is 54.6 Å². The molecule has 2 aromatic heterocycles. The number of alkyl halides is 4. The van der Waals surface area contributed by atoms with Crippen molar-refractivity contribution >= 4 is 17.7 Å². The van der Waals surface area contributed by atoms with Crippen molar-refractivity contribution in [2.24, 2.45) is 11.8 Å². The largest absolute Gasteiger partial charge is 0.497 e. The number of nitrogens with zero attached hydrogens (tertiary/aromatic N) is 7. The third kappa shape index (κ3) is 10.3. The molecule has 0 bridgehead atoms. The Labute approximate surface area is 385 Å². The summed E-state index contributed by atoms with van der Waals surface area (Å²) in [4.78, 5) is 35.6. The van der Waals surface area contributed by atoms with E-state index < -0.39 is 35.0 Å². The summed E-state index contributed by atoms with van der Waals surface area (Å²) in [5.41, 5.74) is 1.62. The minimum atomic E-state index is -4.68. The Bertz CT molecular complexity index is 2310. The first-order chi connectivity index (χ1) is 31.3. The zero-order chi connectivity index (χ0) is 47.1. The summed E-state index contributed by atoms with van der Waals surface area (Å²) >= 11 is 0. The van der Waals surface area contributed by atoms with Gasteiger partial charge in [0, 0.05) is 70.1 Å². The molecular weight excluding hydrogens is 855 g/mol. The van der Waals surface area contributed by atoms with Crippen molar-refractivity contribution < 1.29 is 41.3 Å². The Morgan fingerprint density at radius 1 is 0.909 bits per heavy atom. The van der Waals surface area contributed by atoms with Gasteiger partial charge >= 0.3 is 18.3 Å². The van der Waals surface area contributed by atoms with Crippen molar-refractivity contribution in [1.29, 1.82) is 0 Å². The number of rotatable bonds is 14. The lowest BCUT2D eigenvalue weighted by atomic mass is 9.75. The fraction of sp³-hybridized carbons (Fsp3) is 0.560. The van der Waals surface area contributed by atoms with Gasteiger partial charge in [-0.15, -0.1) is 0 Å². The van der Waals surface area contributed by atoms with E-state index >= 15 is 13.2 Å². The Balaban J connectivity index is 1.14. The third-order valence-corrected chi connectivity index (χ3v) is 13.7. The Kier molecular flexibility index (Phi) is 13.4. The molecule has 0 N–H and O–H groups in total. The molecule has 0 saturated carbocycles. The fourth-order valence-electron chi connectivity index (χ4n) is 10.4. The summed E-state index contributed by atoms with van der Waals surface area (Å²) in [7, 11) is 5.14. The van der Waals surface area contributed by atoms with E-state index in [-0.39, 0.29) is 48.2 Å². The van der Waals surface area contributed by atoms with Gasteiger partial charge in [0.2, 0.25) is 0 Å². The molecule has 12 nitrogen and oxygen atoms in total. The number of fused-ring (bicyclic) bond motifs is 2. The van der Waals surface area contributed by atoms with Crippen LogP contribution < -0.4 is 24.0 Å². The van der Waals surface area contributed by atoms with E-state index in [0.29, 0.717) is 80.9 Å². The van der Waals surface area contributed by atoms with Crippen molar-refractivity contribution in [3.05, 3.63) is 93.8 Å². The van der Waals surface area contributed by atoms with E-state index in [0.717, 1.165) is 36.1 Å². The molecular formula is C50H63F4N7O5. The second-order valence-corrected chi connectivity index (χ2v) is 19.9. The number of anilines is 2. The molecule has 8 rings (SSSR count). The predicted molar refractivity (Wildman–Crippen MR) is 244 cm³/mol. The van der Waals surface area contributed by atoms with Crippen LogP contribution in [0, 0.1) is 18.8 Å². The average molecular weight is 918 g/mol. The van der Waals surface area contributed by atoms with Crippen LogP contribution in [0.3, 0.4) is 0 Å². The van der Waals surface area contributed by atoms with Crippen molar-refractivity contribution in [2.45, 2.75) is 109 Å². The maximum atomic E-state index is 15.4. The molecule has 0 spiro atoms. The molecule has 66 heavy (non-hydrogen) atoms.